The van der Waals surface area contributed by atoms with E-state index in [2.05, 4.69) is 18.2 Å². The Hall–Kier alpha value is -3.57. The summed E-state index contributed by atoms with van der Waals surface area (Å²) in [6, 6.07) is 21.8. The van der Waals surface area contributed by atoms with Gasteiger partial charge in [0.15, 0.2) is 0 Å². The minimum Gasteiger partial charge on any atom is -0.488 e. The largest absolute Gasteiger partial charge is 0.488 e. The minimum absolute atomic E-state index is 0.178. The Morgan fingerprint density at radius 1 is 0.968 bits per heavy atom. The highest BCUT2D eigenvalue weighted by Crippen LogP contribution is 2.30. The number of carbonyl (C=O) groups excluding carboxylic acids is 1. The van der Waals surface area contributed by atoms with E-state index < -0.39 is 0 Å². The molecule has 1 aromatic heterocycles. The molecule has 0 aliphatic rings. The number of benzene rings is 3. The van der Waals surface area contributed by atoms with Gasteiger partial charge in [-0.2, -0.15) is 0 Å². The first-order valence-corrected chi connectivity index (χ1v) is 10.3. The van der Waals surface area contributed by atoms with E-state index in [1.54, 1.807) is 13.2 Å². The first-order chi connectivity index (χ1) is 15.2. The van der Waals surface area contributed by atoms with E-state index in [0.717, 1.165) is 38.8 Å². The third-order valence-electron chi connectivity index (χ3n) is 5.15. The van der Waals surface area contributed by atoms with E-state index in [0.29, 0.717) is 25.5 Å². The van der Waals surface area contributed by atoms with Crippen LogP contribution in [0.2, 0.25) is 0 Å². The zero-order chi connectivity index (χ0) is 21.6. The lowest BCUT2D eigenvalue weighted by Crippen LogP contribution is -2.09. The second-order valence-corrected chi connectivity index (χ2v) is 7.25. The first-order valence-electron chi connectivity index (χ1n) is 10.3. The van der Waals surface area contributed by atoms with E-state index in [-0.39, 0.29) is 12.4 Å². The number of rotatable bonds is 8. The van der Waals surface area contributed by atoms with Gasteiger partial charge in [0, 0.05) is 23.1 Å². The topological polar surface area (TPSA) is 74.7 Å². The normalized spacial score (nSPS) is 10.9. The minimum atomic E-state index is -0.267. The van der Waals surface area contributed by atoms with Crippen LogP contribution in [-0.2, 0) is 29.1 Å². The molecule has 5 heteroatoms. The summed E-state index contributed by atoms with van der Waals surface area (Å²) in [6.45, 7) is 3.00. The molecule has 0 saturated carbocycles. The summed E-state index contributed by atoms with van der Waals surface area (Å²) in [7, 11) is 0. The number of esters is 1. The highest BCUT2D eigenvalue weighted by atomic mass is 16.5. The summed E-state index contributed by atoms with van der Waals surface area (Å²) in [5.74, 6) is 0.397. The average Bonchev–Trinajstić information content (AvgIpc) is 3.21. The molecule has 5 nitrogen and oxygen atoms in total. The fourth-order valence-electron chi connectivity index (χ4n) is 3.56. The Kier molecular flexibility index (Phi) is 6.34. The van der Waals surface area contributed by atoms with Crippen molar-refractivity contribution in [3.8, 4) is 16.9 Å². The molecule has 0 radical (unpaired) electrons. The second-order valence-electron chi connectivity index (χ2n) is 7.25. The molecular weight excluding hydrogens is 390 g/mol. The van der Waals surface area contributed by atoms with Crippen molar-refractivity contribution >= 4 is 16.9 Å². The van der Waals surface area contributed by atoms with Gasteiger partial charge in [0.25, 0.3) is 0 Å². The quantitative estimate of drug-likeness (QED) is 0.398. The molecule has 0 aliphatic carbocycles. The van der Waals surface area contributed by atoms with Crippen LogP contribution in [0.3, 0.4) is 0 Å². The van der Waals surface area contributed by atoms with Crippen molar-refractivity contribution in [3.63, 3.8) is 0 Å². The Morgan fingerprint density at radius 3 is 2.65 bits per heavy atom. The molecule has 0 fully saturated rings. The van der Waals surface area contributed by atoms with Crippen LogP contribution in [0.1, 0.15) is 23.6 Å². The van der Waals surface area contributed by atoms with Gasteiger partial charge >= 0.3 is 5.97 Å². The van der Waals surface area contributed by atoms with Crippen molar-refractivity contribution in [3.05, 3.63) is 89.7 Å². The number of para-hydroxylation sites is 1. The molecule has 0 atom stereocenters. The maximum absolute atomic E-state index is 11.9. The zero-order valence-electron chi connectivity index (χ0n) is 17.5. The second kappa shape index (κ2) is 9.49. The Bertz CT molecular complexity index is 1190. The maximum Gasteiger partial charge on any atom is 0.310 e. The Labute approximate surface area is 181 Å². The van der Waals surface area contributed by atoms with Crippen LogP contribution in [0.5, 0.6) is 5.75 Å². The fourth-order valence-corrected chi connectivity index (χ4v) is 3.56. The molecule has 0 saturated heterocycles. The van der Waals surface area contributed by atoms with Crippen LogP contribution < -0.4 is 10.5 Å². The van der Waals surface area contributed by atoms with Crippen molar-refractivity contribution in [1.82, 2.24) is 0 Å². The van der Waals surface area contributed by atoms with Crippen molar-refractivity contribution in [1.29, 1.82) is 0 Å². The molecule has 4 aromatic rings. The number of furan rings is 1. The standard InChI is InChI=1S/C26H25NO4/c1-2-29-26(28)14-21-7-3-4-9-24(21)30-16-22-17-31-25-11-10-20(13-23(22)25)19-8-5-6-18(12-19)15-27/h3-13,17H,2,14-16,27H2,1H3. The molecular formula is C26H25NO4. The number of nitrogens with two attached hydrogens (primary N) is 1. The molecule has 3 aromatic carbocycles. The number of carbonyl (C=O) groups is 1. The van der Waals surface area contributed by atoms with Crippen LogP contribution in [0.25, 0.3) is 22.1 Å². The SMILES string of the molecule is CCOC(=O)Cc1ccccc1OCc1coc2ccc(-c3cccc(CN)c3)cc12. The molecule has 0 amide bonds. The molecule has 1 heterocycles. The predicted molar refractivity (Wildman–Crippen MR) is 121 cm³/mol. The number of hydrogen-bond acceptors (Lipinski definition) is 5. The summed E-state index contributed by atoms with van der Waals surface area (Å²) in [5, 5.41) is 0.999. The van der Waals surface area contributed by atoms with E-state index in [4.69, 9.17) is 19.6 Å². The smallest absolute Gasteiger partial charge is 0.310 e. The van der Waals surface area contributed by atoms with Crippen LogP contribution >= 0.6 is 0 Å². The Morgan fingerprint density at radius 2 is 1.81 bits per heavy atom. The molecule has 2 N–H and O–H groups in total. The molecule has 0 unspecified atom stereocenters. The van der Waals surface area contributed by atoms with E-state index in [1.165, 1.54) is 0 Å². The lowest BCUT2D eigenvalue weighted by atomic mass is 10.0. The van der Waals surface area contributed by atoms with Gasteiger partial charge in [0.1, 0.15) is 17.9 Å². The van der Waals surface area contributed by atoms with Gasteiger partial charge in [0.05, 0.1) is 19.3 Å². The van der Waals surface area contributed by atoms with Crippen LogP contribution in [0.15, 0.2) is 77.4 Å². The Balaban J connectivity index is 1.57. The highest BCUT2D eigenvalue weighted by molar-refractivity contribution is 5.86. The highest BCUT2D eigenvalue weighted by Gasteiger charge is 2.12. The summed E-state index contributed by atoms with van der Waals surface area (Å²) in [4.78, 5) is 11.9. The molecule has 0 aliphatic heterocycles. The van der Waals surface area contributed by atoms with Crippen molar-refractivity contribution in [2.24, 2.45) is 5.73 Å². The summed E-state index contributed by atoms with van der Waals surface area (Å²) < 4.78 is 16.9. The van der Waals surface area contributed by atoms with Gasteiger partial charge in [-0.05, 0) is 47.9 Å². The van der Waals surface area contributed by atoms with Crippen LogP contribution in [0.4, 0.5) is 0 Å². The summed E-state index contributed by atoms with van der Waals surface area (Å²) >= 11 is 0. The lowest BCUT2D eigenvalue weighted by molar-refractivity contribution is -0.142. The molecule has 0 bridgehead atoms. The fraction of sp³-hybridized carbons (Fsp3) is 0.192. The van der Waals surface area contributed by atoms with Crippen molar-refractivity contribution < 1.29 is 18.7 Å². The van der Waals surface area contributed by atoms with Gasteiger partial charge in [-0.15, -0.1) is 0 Å². The predicted octanol–water partition coefficient (Wildman–Crippen LogP) is 5.24. The van der Waals surface area contributed by atoms with E-state index in [9.17, 15) is 4.79 Å². The maximum atomic E-state index is 11.9. The number of ether oxygens (including phenoxy) is 2. The van der Waals surface area contributed by atoms with Gasteiger partial charge in [-0.3, -0.25) is 4.79 Å². The third-order valence-corrected chi connectivity index (χ3v) is 5.15. The zero-order valence-corrected chi connectivity index (χ0v) is 17.5. The third kappa shape index (κ3) is 4.78. The van der Waals surface area contributed by atoms with Gasteiger partial charge in [-0.1, -0.05) is 42.5 Å². The van der Waals surface area contributed by atoms with Crippen molar-refractivity contribution in [2.45, 2.75) is 26.5 Å². The monoisotopic (exact) mass is 415 g/mol. The molecule has 0 spiro atoms. The van der Waals surface area contributed by atoms with Crippen molar-refractivity contribution in [2.75, 3.05) is 6.61 Å². The summed E-state index contributed by atoms with van der Waals surface area (Å²) in [6.07, 6.45) is 1.90. The van der Waals surface area contributed by atoms with E-state index in [1.807, 2.05) is 48.5 Å². The number of hydrogen-bond donors (Lipinski definition) is 1. The first kappa shape index (κ1) is 20.7. The van der Waals surface area contributed by atoms with Crippen LogP contribution in [0, 0.1) is 0 Å². The lowest BCUT2D eigenvalue weighted by Gasteiger charge is -2.11. The molecule has 158 valence electrons. The van der Waals surface area contributed by atoms with Crippen LogP contribution in [-0.4, -0.2) is 12.6 Å². The van der Waals surface area contributed by atoms with E-state index >= 15 is 0 Å². The summed E-state index contributed by atoms with van der Waals surface area (Å²) in [5.41, 5.74) is 11.6. The van der Waals surface area contributed by atoms with Gasteiger partial charge in [0.2, 0.25) is 0 Å². The average molecular weight is 415 g/mol. The van der Waals surface area contributed by atoms with Gasteiger partial charge in [-0.25, -0.2) is 0 Å². The molecule has 31 heavy (non-hydrogen) atoms. The molecule has 4 rings (SSSR count). The number of fused-ring (bicyclic) bond motifs is 1. The van der Waals surface area contributed by atoms with Gasteiger partial charge < -0.3 is 19.6 Å².